The molecule has 0 fully saturated rings. The molecule has 0 radical (unpaired) electrons. The summed E-state index contributed by atoms with van der Waals surface area (Å²) in [6.45, 7) is 0. The predicted molar refractivity (Wildman–Crippen MR) is 72.2 cm³/mol. The van der Waals surface area contributed by atoms with Crippen LogP contribution in [0.5, 0.6) is 5.75 Å². The molecule has 1 aromatic heterocycles. The molecule has 0 amide bonds. The highest BCUT2D eigenvalue weighted by molar-refractivity contribution is 5.91. The van der Waals surface area contributed by atoms with E-state index in [-0.39, 0.29) is 11.3 Å². The fraction of sp³-hybridized carbons (Fsp3) is 0.0714. The van der Waals surface area contributed by atoms with Crippen molar-refractivity contribution in [3.8, 4) is 11.8 Å². The summed E-state index contributed by atoms with van der Waals surface area (Å²) in [5.41, 5.74) is 1.20. The maximum absolute atomic E-state index is 11.0. The third-order valence-electron chi connectivity index (χ3n) is 2.60. The Kier molecular flexibility index (Phi) is 3.82. The van der Waals surface area contributed by atoms with E-state index in [9.17, 15) is 4.79 Å². The molecule has 0 aliphatic heterocycles. The summed E-state index contributed by atoms with van der Waals surface area (Å²) < 4.78 is 5.04. The molecule has 6 heteroatoms. The van der Waals surface area contributed by atoms with Crippen LogP contribution in [0.15, 0.2) is 36.5 Å². The van der Waals surface area contributed by atoms with Gasteiger partial charge in [0.2, 0.25) is 0 Å². The molecule has 0 atom stereocenters. The van der Waals surface area contributed by atoms with Crippen molar-refractivity contribution < 1.29 is 14.6 Å². The molecule has 0 bridgehead atoms. The molecule has 100 valence electrons. The van der Waals surface area contributed by atoms with Crippen LogP contribution in [0.2, 0.25) is 0 Å². The molecule has 0 aliphatic rings. The van der Waals surface area contributed by atoms with Crippen LogP contribution < -0.4 is 10.1 Å². The molecule has 2 aromatic rings. The minimum Gasteiger partial charge on any atom is -0.496 e. The first-order valence-electron chi connectivity index (χ1n) is 5.68. The number of nitriles is 1. The highest BCUT2D eigenvalue weighted by atomic mass is 16.5. The quantitative estimate of drug-likeness (QED) is 0.884. The molecule has 0 spiro atoms. The topological polar surface area (TPSA) is 95.2 Å². The number of hydrogen-bond acceptors (Lipinski definition) is 5. The van der Waals surface area contributed by atoms with Gasteiger partial charge >= 0.3 is 5.97 Å². The average molecular weight is 269 g/mol. The number of carbonyl (C=O) groups is 1. The number of carboxylic acids is 1. The SMILES string of the molecule is COc1cc(Nc2ccc(C#N)cn2)ccc1C(=O)O. The average Bonchev–Trinajstić information content (AvgIpc) is 2.47. The number of rotatable bonds is 4. The third kappa shape index (κ3) is 2.84. The molecule has 1 heterocycles. The maximum atomic E-state index is 11.0. The smallest absolute Gasteiger partial charge is 0.339 e. The lowest BCUT2D eigenvalue weighted by molar-refractivity contribution is 0.0693. The number of aromatic carboxylic acids is 1. The van der Waals surface area contributed by atoms with Crippen molar-refractivity contribution in [1.29, 1.82) is 5.26 Å². The first-order chi connectivity index (χ1) is 9.63. The van der Waals surface area contributed by atoms with Gasteiger partial charge in [0.05, 0.1) is 12.7 Å². The Hall–Kier alpha value is -3.07. The zero-order valence-electron chi connectivity index (χ0n) is 10.6. The lowest BCUT2D eigenvalue weighted by Gasteiger charge is -2.09. The lowest BCUT2D eigenvalue weighted by atomic mass is 10.2. The summed E-state index contributed by atoms with van der Waals surface area (Å²) in [5.74, 6) is -0.241. The summed E-state index contributed by atoms with van der Waals surface area (Å²) in [6, 6.07) is 9.92. The van der Waals surface area contributed by atoms with E-state index >= 15 is 0 Å². The van der Waals surface area contributed by atoms with Crippen LogP contribution in [0.1, 0.15) is 15.9 Å². The van der Waals surface area contributed by atoms with Crippen LogP contribution >= 0.6 is 0 Å². The van der Waals surface area contributed by atoms with Crippen molar-refractivity contribution in [2.24, 2.45) is 0 Å². The van der Waals surface area contributed by atoms with Gasteiger partial charge in [-0.3, -0.25) is 0 Å². The van der Waals surface area contributed by atoms with Crippen molar-refractivity contribution in [3.63, 3.8) is 0 Å². The summed E-state index contributed by atoms with van der Waals surface area (Å²) in [5, 5.41) is 20.7. The van der Waals surface area contributed by atoms with Gasteiger partial charge in [-0.2, -0.15) is 5.26 Å². The van der Waals surface area contributed by atoms with Crippen LogP contribution in [0.3, 0.4) is 0 Å². The molecule has 0 unspecified atom stereocenters. The molecular formula is C14H11N3O3. The van der Waals surface area contributed by atoms with E-state index < -0.39 is 5.97 Å². The van der Waals surface area contributed by atoms with Gasteiger partial charge in [-0.15, -0.1) is 0 Å². The number of methoxy groups -OCH3 is 1. The van der Waals surface area contributed by atoms with Gasteiger partial charge in [0.1, 0.15) is 23.2 Å². The first-order valence-corrected chi connectivity index (χ1v) is 5.68. The molecule has 0 saturated carbocycles. The zero-order chi connectivity index (χ0) is 14.5. The largest absolute Gasteiger partial charge is 0.496 e. The van der Waals surface area contributed by atoms with E-state index in [1.807, 2.05) is 6.07 Å². The highest BCUT2D eigenvalue weighted by Gasteiger charge is 2.11. The fourth-order valence-electron chi connectivity index (χ4n) is 1.63. The van der Waals surface area contributed by atoms with Crippen molar-refractivity contribution in [3.05, 3.63) is 47.7 Å². The van der Waals surface area contributed by atoms with E-state index in [1.54, 1.807) is 24.3 Å². The Morgan fingerprint density at radius 1 is 1.40 bits per heavy atom. The predicted octanol–water partition coefficient (Wildman–Crippen LogP) is 2.40. The van der Waals surface area contributed by atoms with Crippen LogP contribution in [-0.4, -0.2) is 23.2 Å². The first kappa shape index (κ1) is 13.4. The zero-order valence-corrected chi connectivity index (χ0v) is 10.6. The number of pyridine rings is 1. The van der Waals surface area contributed by atoms with Gasteiger partial charge in [-0.05, 0) is 24.3 Å². The Bertz CT molecular complexity index is 675. The van der Waals surface area contributed by atoms with Crippen LogP contribution in [0.25, 0.3) is 0 Å². The van der Waals surface area contributed by atoms with Crippen LogP contribution in [-0.2, 0) is 0 Å². The van der Waals surface area contributed by atoms with Gasteiger partial charge in [0.25, 0.3) is 0 Å². The molecule has 0 aliphatic carbocycles. The number of anilines is 2. The van der Waals surface area contributed by atoms with Crippen LogP contribution in [0.4, 0.5) is 11.5 Å². The summed E-state index contributed by atoms with van der Waals surface area (Å²) >= 11 is 0. The van der Waals surface area contributed by atoms with Crippen molar-refractivity contribution in [1.82, 2.24) is 4.98 Å². The van der Waals surface area contributed by atoms with Crippen molar-refractivity contribution in [2.75, 3.05) is 12.4 Å². The maximum Gasteiger partial charge on any atom is 0.339 e. The second-order valence-electron chi connectivity index (χ2n) is 3.89. The summed E-state index contributed by atoms with van der Waals surface area (Å²) in [6.07, 6.45) is 1.45. The van der Waals surface area contributed by atoms with Gasteiger partial charge in [0, 0.05) is 18.0 Å². The van der Waals surface area contributed by atoms with E-state index in [1.165, 1.54) is 19.4 Å². The Morgan fingerprint density at radius 3 is 2.75 bits per heavy atom. The number of nitrogens with zero attached hydrogens (tertiary/aromatic N) is 2. The van der Waals surface area contributed by atoms with Crippen molar-refractivity contribution >= 4 is 17.5 Å². The van der Waals surface area contributed by atoms with Gasteiger partial charge in [-0.25, -0.2) is 9.78 Å². The Labute approximate surface area is 115 Å². The molecule has 0 saturated heterocycles. The van der Waals surface area contributed by atoms with E-state index in [0.717, 1.165) is 0 Å². The number of aromatic nitrogens is 1. The number of hydrogen-bond donors (Lipinski definition) is 2. The summed E-state index contributed by atoms with van der Waals surface area (Å²) in [7, 11) is 1.41. The second kappa shape index (κ2) is 5.71. The Balaban J connectivity index is 2.25. The molecule has 6 nitrogen and oxygen atoms in total. The van der Waals surface area contributed by atoms with Gasteiger partial charge < -0.3 is 15.2 Å². The minimum atomic E-state index is -1.05. The third-order valence-corrected chi connectivity index (χ3v) is 2.60. The molecule has 1 aromatic carbocycles. The molecule has 2 rings (SSSR count). The standard InChI is InChI=1S/C14H11N3O3/c1-20-12-6-10(3-4-11(12)14(18)19)17-13-5-2-9(7-15)8-16-13/h2-6,8H,1H3,(H,16,17)(H,18,19). The number of nitrogens with one attached hydrogen (secondary N) is 1. The van der Waals surface area contributed by atoms with Crippen LogP contribution in [0, 0.1) is 11.3 Å². The normalized spacial score (nSPS) is 9.60. The van der Waals surface area contributed by atoms with E-state index in [0.29, 0.717) is 17.1 Å². The highest BCUT2D eigenvalue weighted by Crippen LogP contribution is 2.25. The van der Waals surface area contributed by atoms with Crippen molar-refractivity contribution in [2.45, 2.75) is 0 Å². The molecular weight excluding hydrogens is 258 g/mol. The minimum absolute atomic E-state index is 0.0887. The Morgan fingerprint density at radius 2 is 2.20 bits per heavy atom. The van der Waals surface area contributed by atoms with E-state index in [2.05, 4.69) is 10.3 Å². The lowest BCUT2D eigenvalue weighted by Crippen LogP contribution is -2.01. The summed E-state index contributed by atoms with van der Waals surface area (Å²) in [4.78, 5) is 15.0. The number of carboxylic acid groups (broad SMARTS) is 1. The van der Waals surface area contributed by atoms with Gasteiger partial charge in [0.15, 0.2) is 0 Å². The van der Waals surface area contributed by atoms with E-state index in [4.69, 9.17) is 15.1 Å². The molecule has 20 heavy (non-hydrogen) atoms. The molecule has 2 N–H and O–H groups in total. The fourth-order valence-corrected chi connectivity index (χ4v) is 1.63. The van der Waals surface area contributed by atoms with Gasteiger partial charge in [-0.1, -0.05) is 0 Å². The second-order valence-corrected chi connectivity index (χ2v) is 3.89. The number of benzene rings is 1. The number of ether oxygens (including phenoxy) is 1. The monoisotopic (exact) mass is 269 g/mol.